The lowest BCUT2D eigenvalue weighted by molar-refractivity contribution is 0.0724. The Bertz CT molecular complexity index is 1340. The monoisotopic (exact) mass is 604 g/mol. The second kappa shape index (κ2) is 13.8. The molecule has 0 bridgehead atoms. The van der Waals surface area contributed by atoms with E-state index >= 15 is 0 Å². The maximum Gasteiger partial charge on any atom is 0.410 e. The van der Waals surface area contributed by atoms with E-state index in [0.29, 0.717) is 69.1 Å². The Balaban J connectivity index is 1.60. The zero-order valence-corrected chi connectivity index (χ0v) is 25.7. The molecule has 3 amide bonds. The van der Waals surface area contributed by atoms with Crippen LogP contribution in [0.4, 0.5) is 9.80 Å². The average molecular weight is 605 g/mol. The Kier molecular flexibility index (Phi) is 10.4. The first kappa shape index (κ1) is 31.0. The predicted octanol–water partition coefficient (Wildman–Crippen LogP) is 4.95. The molecule has 2 aliphatic rings. The number of carbonyl (C=O) groups is 3. The number of nitrogens with one attached hydrogen (secondary N) is 1. The molecule has 4 rings (SSSR count). The van der Waals surface area contributed by atoms with Crippen LogP contribution in [0.5, 0.6) is 0 Å². The molecule has 12 heteroatoms. The topological polar surface area (TPSA) is 116 Å². The molecule has 1 aromatic heterocycles. The highest BCUT2D eigenvalue weighted by Crippen LogP contribution is 2.39. The highest BCUT2D eigenvalue weighted by Gasteiger charge is 2.33. The van der Waals surface area contributed by atoms with Crippen molar-refractivity contribution in [2.24, 2.45) is 0 Å². The average Bonchev–Trinajstić information content (AvgIpc) is 3.34. The summed E-state index contributed by atoms with van der Waals surface area (Å²) in [6.07, 6.45) is 4.49. The molecule has 0 aliphatic carbocycles. The third-order valence-electron chi connectivity index (χ3n) is 7.37. The molecular formula is C29H40N4O6S2. The third-order valence-corrected chi connectivity index (χ3v) is 10.4. The SMILES string of the molecule is CCCN(CCC)S(=O)(=O)c1ccc(C(=O)Nc2sc3c(c2C(=O)N2CCCCC2)CCN(C(=O)OCC)C3)cc1. The Hall–Kier alpha value is -2.96. The van der Waals surface area contributed by atoms with Gasteiger partial charge in [-0.2, -0.15) is 4.31 Å². The van der Waals surface area contributed by atoms with Crippen molar-refractivity contribution in [3.05, 3.63) is 45.8 Å². The summed E-state index contributed by atoms with van der Waals surface area (Å²) in [7, 11) is -3.66. The molecule has 224 valence electrons. The lowest BCUT2D eigenvalue weighted by Gasteiger charge is -2.29. The largest absolute Gasteiger partial charge is 0.450 e. The number of rotatable bonds is 10. The number of carbonyl (C=O) groups excluding carboxylic acids is 3. The fourth-order valence-electron chi connectivity index (χ4n) is 5.30. The van der Waals surface area contributed by atoms with Gasteiger partial charge in [0.2, 0.25) is 10.0 Å². The van der Waals surface area contributed by atoms with Crippen LogP contribution in [0.3, 0.4) is 0 Å². The van der Waals surface area contributed by atoms with Crippen molar-refractivity contribution < 1.29 is 27.5 Å². The predicted molar refractivity (Wildman–Crippen MR) is 159 cm³/mol. The zero-order valence-electron chi connectivity index (χ0n) is 24.1. The van der Waals surface area contributed by atoms with Crippen LogP contribution in [-0.4, -0.2) is 79.8 Å². The van der Waals surface area contributed by atoms with E-state index < -0.39 is 22.0 Å². The van der Waals surface area contributed by atoms with E-state index in [-0.39, 0.29) is 23.0 Å². The summed E-state index contributed by atoms with van der Waals surface area (Å²) in [5.41, 5.74) is 1.66. The van der Waals surface area contributed by atoms with E-state index in [0.717, 1.165) is 29.7 Å². The van der Waals surface area contributed by atoms with Crippen LogP contribution in [0.2, 0.25) is 0 Å². The number of anilines is 1. The molecule has 2 aromatic rings. The summed E-state index contributed by atoms with van der Waals surface area (Å²) in [6, 6.07) is 5.92. The normalized spacial score (nSPS) is 15.5. The number of hydrogen-bond acceptors (Lipinski definition) is 7. The van der Waals surface area contributed by atoms with E-state index in [2.05, 4.69) is 5.32 Å². The van der Waals surface area contributed by atoms with Crippen LogP contribution in [0.1, 0.15) is 84.0 Å². The Morgan fingerprint density at radius 2 is 1.61 bits per heavy atom. The maximum absolute atomic E-state index is 13.7. The Morgan fingerprint density at radius 1 is 0.951 bits per heavy atom. The van der Waals surface area contributed by atoms with Gasteiger partial charge < -0.3 is 19.9 Å². The maximum atomic E-state index is 13.7. The molecule has 41 heavy (non-hydrogen) atoms. The van der Waals surface area contributed by atoms with Crippen molar-refractivity contribution in [2.45, 2.75) is 70.7 Å². The molecule has 1 N–H and O–H groups in total. The molecule has 0 atom stereocenters. The molecule has 0 radical (unpaired) electrons. The quantitative estimate of drug-likeness (QED) is 0.410. The molecule has 2 aliphatic heterocycles. The highest BCUT2D eigenvalue weighted by molar-refractivity contribution is 7.89. The van der Waals surface area contributed by atoms with Gasteiger partial charge in [0.05, 0.1) is 23.6 Å². The van der Waals surface area contributed by atoms with Crippen LogP contribution < -0.4 is 5.32 Å². The summed E-state index contributed by atoms with van der Waals surface area (Å²) >= 11 is 1.31. The third kappa shape index (κ3) is 6.92. The first-order valence-electron chi connectivity index (χ1n) is 14.5. The summed E-state index contributed by atoms with van der Waals surface area (Å²) < 4.78 is 32.9. The second-order valence-corrected chi connectivity index (χ2v) is 13.4. The molecule has 1 aromatic carbocycles. The molecule has 0 spiro atoms. The first-order valence-corrected chi connectivity index (χ1v) is 16.7. The Morgan fingerprint density at radius 3 is 2.22 bits per heavy atom. The van der Waals surface area contributed by atoms with Gasteiger partial charge in [-0.1, -0.05) is 13.8 Å². The minimum atomic E-state index is -3.66. The lowest BCUT2D eigenvalue weighted by Crippen LogP contribution is -2.38. The van der Waals surface area contributed by atoms with Crippen molar-refractivity contribution in [3.8, 4) is 0 Å². The molecule has 3 heterocycles. The van der Waals surface area contributed by atoms with Gasteiger partial charge in [0, 0.05) is 43.2 Å². The van der Waals surface area contributed by atoms with Crippen molar-refractivity contribution in [1.29, 1.82) is 0 Å². The van der Waals surface area contributed by atoms with Crippen LogP contribution >= 0.6 is 11.3 Å². The number of likely N-dealkylation sites (tertiary alicyclic amines) is 1. The van der Waals surface area contributed by atoms with Gasteiger partial charge in [0.1, 0.15) is 5.00 Å². The number of hydrogen-bond donors (Lipinski definition) is 1. The smallest absolute Gasteiger partial charge is 0.410 e. The van der Waals surface area contributed by atoms with E-state index in [1.54, 1.807) is 11.8 Å². The van der Waals surface area contributed by atoms with Crippen LogP contribution in [0.15, 0.2) is 29.2 Å². The van der Waals surface area contributed by atoms with Crippen LogP contribution in [0.25, 0.3) is 0 Å². The number of ether oxygens (including phenoxy) is 1. The molecule has 0 unspecified atom stereocenters. The summed E-state index contributed by atoms with van der Waals surface area (Å²) in [4.78, 5) is 43.9. The van der Waals surface area contributed by atoms with Crippen LogP contribution in [-0.2, 0) is 27.7 Å². The molecule has 1 fully saturated rings. The number of piperidine rings is 1. The van der Waals surface area contributed by atoms with Gasteiger partial charge in [-0.15, -0.1) is 11.3 Å². The van der Waals surface area contributed by atoms with Gasteiger partial charge >= 0.3 is 6.09 Å². The highest BCUT2D eigenvalue weighted by atomic mass is 32.2. The molecule has 1 saturated heterocycles. The first-order chi connectivity index (χ1) is 19.7. The fraction of sp³-hybridized carbons (Fsp3) is 0.552. The van der Waals surface area contributed by atoms with E-state index in [1.165, 1.54) is 39.9 Å². The van der Waals surface area contributed by atoms with Crippen LogP contribution in [0, 0.1) is 0 Å². The van der Waals surface area contributed by atoms with Gasteiger partial charge in [-0.05, 0) is 75.3 Å². The molecule has 0 saturated carbocycles. The van der Waals surface area contributed by atoms with E-state index in [4.69, 9.17) is 4.74 Å². The van der Waals surface area contributed by atoms with Gasteiger partial charge in [-0.25, -0.2) is 13.2 Å². The number of benzene rings is 1. The summed E-state index contributed by atoms with van der Waals surface area (Å²) in [6.45, 7) is 8.87. The number of nitrogens with zero attached hydrogens (tertiary/aromatic N) is 3. The number of amides is 3. The van der Waals surface area contributed by atoms with Crippen molar-refractivity contribution >= 4 is 44.3 Å². The van der Waals surface area contributed by atoms with E-state index in [1.807, 2.05) is 18.7 Å². The van der Waals surface area contributed by atoms with Crippen molar-refractivity contribution in [1.82, 2.24) is 14.1 Å². The minimum absolute atomic E-state index is 0.101. The van der Waals surface area contributed by atoms with Gasteiger partial charge in [-0.3, -0.25) is 9.59 Å². The Labute approximate surface area is 246 Å². The zero-order chi connectivity index (χ0) is 29.6. The number of thiophene rings is 1. The molecular weight excluding hydrogens is 564 g/mol. The van der Waals surface area contributed by atoms with Crippen molar-refractivity contribution in [2.75, 3.05) is 44.6 Å². The molecule has 10 nitrogen and oxygen atoms in total. The van der Waals surface area contributed by atoms with E-state index in [9.17, 15) is 22.8 Å². The number of fused-ring (bicyclic) bond motifs is 1. The fourth-order valence-corrected chi connectivity index (χ4v) is 8.17. The summed E-state index contributed by atoms with van der Waals surface area (Å²) in [5.74, 6) is -0.531. The summed E-state index contributed by atoms with van der Waals surface area (Å²) in [5, 5.41) is 3.39. The second-order valence-electron chi connectivity index (χ2n) is 10.3. The number of sulfonamides is 1. The lowest BCUT2D eigenvalue weighted by atomic mass is 10.0. The van der Waals surface area contributed by atoms with Crippen molar-refractivity contribution in [3.63, 3.8) is 0 Å². The standard InChI is InChI=1S/C29H40N4O6S2/c1-4-15-33(16-5-2)41(37,38)22-12-10-21(11-13-22)26(34)30-27-25(28(35)31-17-8-7-9-18-31)23-14-19-32(20-24(23)40-27)29(36)39-6-3/h10-13H,4-9,14-20H2,1-3H3,(H,30,34). The minimum Gasteiger partial charge on any atom is -0.450 e. The van der Waals surface area contributed by atoms with Gasteiger partial charge in [0.15, 0.2) is 0 Å². The van der Waals surface area contributed by atoms with Gasteiger partial charge in [0.25, 0.3) is 11.8 Å².